The molecule has 0 unspecified atom stereocenters. The molecule has 0 radical (unpaired) electrons. The second-order valence-corrected chi connectivity index (χ2v) is 7.54. The number of hydrogen-bond donors (Lipinski definition) is 2. The number of hydrogen-bond acceptors (Lipinski definition) is 5. The van der Waals surface area contributed by atoms with Crippen molar-refractivity contribution in [3.05, 3.63) is 85.1 Å². The van der Waals surface area contributed by atoms with Crippen LogP contribution in [0.1, 0.15) is 16.8 Å². The molecule has 0 aliphatic carbocycles. The van der Waals surface area contributed by atoms with Gasteiger partial charge in [0, 0.05) is 30.9 Å². The number of nitrogens with one attached hydrogen (secondary N) is 1. The molecule has 2 heterocycles. The summed E-state index contributed by atoms with van der Waals surface area (Å²) in [6, 6.07) is 18.9. The normalized spacial score (nSPS) is 15.2. The lowest BCUT2D eigenvalue weighted by Gasteiger charge is -2.21. The van der Waals surface area contributed by atoms with Gasteiger partial charge < -0.3 is 20.7 Å². The first kappa shape index (κ1) is 21.1. The van der Waals surface area contributed by atoms with Crippen LogP contribution in [0, 0.1) is 0 Å². The highest BCUT2D eigenvalue weighted by molar-refractivity contribution is 5.95. The van der Waals surface area contributed by atoms with Crippen molar-refractivity contribution in [2.45, 2.75) is 12.5 Å². The molecule has 7 nitrogen and oxygen atoms in total. The minimum atomic E-state index is -0.535. The number of aromatic nitrogens is 1. The van der Waals surface area contributed by atoms with Gasteiger partial charge in [0.2, 0.25) is 11.8 Å². The predicted octanol–water partition coefficient (Wildman–Crippen LogP) is 3.52. The Morgan fingerprint density at radius 3 is 2.53 bits per heavy atom. The van der Waals surface area contributed by atoms with Crippen LogP contribution < -0.4 is 20.7 Å². The topological polar surface area (TPSA) is 97.5 Å². The van der Waals surface area contributed by atoms with Crippen LogP contribution in [0.15, 0.2) is 79.5 Å². The molecule has 0 spiro atoms. The van der Waals surface area contributed by atoms with Crippen molar-refractivity contribution in [1.82, 2.24) is 10.3 Å². The average Bonchev–Trinajstić information content (AvgIpc) is 3.28. The Balaban J connectivity index is 1.61. The van der Waals surface area contributed by atoms with Crippen molar-refractivity contribution in [3.8, 4) is 22.6 Å². The number of para-hydroxylation sites is 1. The van der Waals surface area contributed by atoms with Crippen molar-refractivity contribution < 1.29 is 14.3 Å². The van der Waals surface area contributed by atoms with Gasteiger partial charge >= 0.3 is 0 Å². The molecule has 3 N–H and O–H groups in total. The lowest BCUT2D eigenvalue weighted by molar-refractivity contribution is -0.117. The summed E-state index contributed by atoms with van der Waals surface area (Å²) < 4.78 is 5.87. The maximum Gasteiger partial charge on any atom is 0.250 e. The minimum Gasteiger partial charge on any atom is -0.457 e. The Labute approximate surface area is 186 Å². The number of carbonyl (C=O) groups is 2. The van der Waals surface area contributed by atoms with Crippen molar-refractivity contribution >= 4 is 17.6 Å². The van der Waals surface area contributed by atoms with Crippen molar-refractivity contribution in [1.29, 1.82) is 0 Å². The molecule has 1 saturated heterocycles. The third-order valence-corrected chi connectivity index (χ3v) is 5.31. The molecule has 1 aliphatic rings. The van der Waals surface area contributed by atoms with Gasteiger partial charge in [-0.25, -0.2) is 4.98 Å². The molecule has 4 rings (SSSR count). The molecule has 3 aromatic rings. The van der Waals surface area contributed by atoms with E-state index in [-0.39, 0.29) is 11.9 Å². The van der Waals surface area contributed by atoms with Gasteiger partial charge in [-0.15, -0.1) is 0 Å². The molecule has 32 heavy (non-hydrogen) atoms. The van der Waals surface area contributed by atoms with Gasteiger partial charge in [0.25, 0.3) is 0 Å². The molecule has 0 saturated carbocycles. The predicted molar refractivity (Wildman–Crippen MR) is 124 cm³/mol. The van der Waals surface area contributed by atoms with Crippen LogP contribution in [0.4, 0.5) is 5.82 Å². The molecule has 7 heteroatoms. The van der Waals surface area contributed by atoms with Crippen molar-refractivity contribution in [2.75, 3.05) is 18.0 Å². The quantitative estimate of drug-likeness (QED) is 0.561. The first-order valence-corrected chi connectivity index (χ1v) is 10.3. The van der Waals surface area contributed by atoms with E-state index in [1.807, 2.05) is 54.6 Å². The summed E-state index contributed by atoms with van der Waals surface area (Å²) in [7, 11) is 0. The van der Waals surface area contributed by atoms with Gasteiger partial charge in [0.05, 0.1) is 5.56 Å². The maximum absolute atomic E-state index is 11.8. The number of ether oxygens (including phenoxy) is 1. The number of pyridine rings is 1. The monoisotopic (exact) mass is 428 g/mol. The standard InChI is InChI=1S/C25H24N4O3/c1-2-23(30)28-19-12-13-29(16-19)25-22(14-18(15-27-25)24(26)31)17-8-10-21(11-9-17)32-20-6-4-3-5-7-20/h2-11,14-15,19H,1,12-13,16H2,(H2,26,31)(H,28,30)/t19-/m0/s1. The molecule has 1 aliphatic heterocycles. The largest absolute Gasteiger partial charge is 0.457 e. The third kappa shape index (κ3) is 4.78. The summed E-state index contributed by atoms with van der Waals surface area (Å²) in [4.78, 5) is 30.1. The van der Waals surface area contributed by atoms with Gasteiger partial charge in [-0.2, -0.15) is 0 Å². The van der Waals surface area contributed by atoms with Crippen LogP contribution in [0.3, 0.4) is 0 Å². The number of amides is 2. The first-order chi connectivity index (χ1) is 15.5. The molecule has 1 atom stereocenters. The second kappa shape index (κ2) is 9.34. The lowest BCUT2D eigenvalue weighted by Crippen LogP contribution is -2.36. The van der Waals surface area contributed by atoms with E-state index in [9.17, 15) is 9.59 Å². The maximum atomic E-state index is 11.8. The SMILES string of the molecule is C=CC(=O)N[C@H]1CCN(c2ncc(C(N)=O)cc2-c2ccc(Oc3ccccc3)cc2)C1. The van der Waals surface area contributed by atoms with E-state index < -0.39 is 5.91 Å². The molecule has 0 bridgehead atoms. The molecule has 162 valence electrons. The molecule has 1 fully saturated rings. The molecule has 1 aromatic heterocycles. The van der Waals surface area contributed by atoms with E-state index in [1.165, 1.54) is 12.3 Å². The number of nitrogens with two attached hydrogens (primary N) is 1. The summed E-state index contributed by atoms with van der Waals surface area (Å²) >= 11 is 0. The van der Waals surface area contributed by atoms with E-state index in [4.69, 9.17) is 10.5 Å². The van der Waals surface area contributed by atoms with Gasteiger partial charge in [-0.1, -0.05) is 36.9 Å². The van der Waals surface area contributed by atoms with Crippen LogP contribution in [-0.2, 0) is 4.79 Å². The van der Waals surface area contributed by atoms with Crippen LogP contribution in [0.5, 0.6) is 11.5 Å². The van der Waals surface area contributed by atoms with Crippen molar-refractivity contribution in [3.63, 3.8) is 0 Å². The third-order valence-electron chi connectivity index (χ3n) is 5.31. The Hall–Kier alpha value is -4.13. The summed E-state index contributed by atoms with van der Waals surface area (Å²) in [6.45, 7) is 4.85. The number of rotatable bonds is 7. The zero-order chi connectivity index (χ0) is 22.5. The second-order valence-electron chi connectivity index (χ2n) is 7.54. The van der Waals surface area contributed by atoms with Gasteiger partial charge in [-0.05, 0) is 48.4 Å². The Morgan fingerprint density at radius 1 is 1.12 bits per heavy atom. The Bertz CT molecular complexity index is 1130. The van der Waals surface area contributed by atoms with Gasteiger partial charge in [-0.3, -0.25) is 9.59 Å². The zero-order valence-corrected chi connectivity index (χ0v) is 17.5. The van der Waals surface area contributed by atoms with Gasteiger partial charge in [0.1, 0.15) is 17.3 Å². The van der Waals surface area contributed by atoms with E-state index in [0.29, 0.717) is 17.9 Å². The molecular weight excluding hydrogens is 404 g/mol. The fourth-order valence-electron chi connectivity index (χ4n) is 3.71. The van der Waals surface area contributed by atoms with E-state index >= 15 is 0 Å². The van der Waals surface area contributed by atoms with Crippen LogP contribution in [-0.4, -0.2) is 35.9 Å². The summed E-state index contributed by atoms with van der Waals surface area (Å²) in [6.07, 6.45) is 3.55. The first-order valence-electron chi connectivity index (χ1n) is 10.3. The van der Waals surface area contributed by atoms with E-state index in [2.05, 4.69) is 21.8 Å². The molecular formula is C25H24N4O3. The van der Waals surface area contributed by atoms with Gasteiger partial charge in [0.15, 0.2) is 0 Å². The average molecular weight is 428 g/mol. The zero-order valence-electron chi connectivity index (χ0n) is 17.5. The molecule has 2 aromatic carbocycles. The van der Waals surface area contributed by atoms with E-state index in [1.54, 1.807) is 6.07 Å². The molecule has 2 amide bonds. The summed E-state index contributed by atoms with van der Waals surface area (Å²) in [5, 5.41) is 2.93. The van der Waals surface area contributed by atoms with Crippen molar-refractivity contribution in [2.24, 2.45) is 5.73 Å². The smallest absolute Gasteiger partial charge is 0.250 e. The lowest BCUT2D eigenvalue weighted by atomic mass is 10.0. The van der Waals surface area contributed by atoms with Crippen LogP contribution in [0.25, 0.3) is 11.1 Å². The number of nitrogens with zero attached hydrogens (tertiary/aromatic N) is 2. The summed E-state index contributed by atoms with van der Waals surface area (Å²) in [5.74, 6) is 1.47. The van der Waals surface area contributed by atoms with E-state index in [0.717, 1.165) is 35.7 Å². The minimum absolute atomic E-state index is 0.00705. The highest BCUT2D eigenvalue weighted by atomic mass is 16.5. The van der Waals surface area contributed by atoms with Crippen LogP contribution in [0.2, 0.25) is 0 Å². The Kier molecular flexibility index (Phi) is 6.17. The fraction of sp³-hybridized carbons (Fsp3) is 0.160. The Morgan fingerprint density at radius 2 is 1.84 bits per heavy atom. The number of benzene rings is 2. The number of primary amides is 1. The highest BCUT2D eigenvalue weighted by Gasteiger charge is 2.26. The number of carbonyl (C=O) groups excluding carboxylic acids is 2. The summed E-state index contributed by atoms with van der Waals surface area (Å²) in [5.41, 5.74) is 7.51. The van der Waals surface area contributed by atoms with Crippen LogP contribution >= 0.6 is 0 Å². The fourth-order valence-corrected chi connectivity index (χ4v) is 3.71. The number of anilines is 1. The highest BCUT2D eigenvalue weighted by Crippen LogP contribution is 2.33.